The Bertz CT molecular complexity index is 411. The Hall–Kier alpha value is -1.49. The standard InChI is InChI=1S/C14H25N5/c15-12-9-11(13(16)14(18-12)19-17)8-10-6-4-2-1-3-5-7-10/h9-10H,1-8,16-17H2,(H3,15,18,19). The Morgan fingerprint density at radius 1 is 1.11 bits per heavy atom. The van der Waals surface area contributed by atoms with E-state index in [2.05, 4.69) is 10.4 Å². The lowest BCUT2D eigenvalue weighted by Crippen LogP contribution is -2.15. The maximum Gasteiger partial charge on any atom is 0.165 e. The molecule has 1 aliphatic rings. The molecule has 0 saturated heterocycles. The van der Waals surface area contributed by atoms with Crippen molar-refractivity contribution in [1.82, 2.24) is 4.98 Å². The molecule has 0 aliphatic heterocycles. The third kappa shape index (κ3) is 3.73. The van der Waals surface area contributed by atoms with Crippen molar-refractivity contribution < 1.29 is 0 Å². The van der Waals surface area contributed by atoms with Gasteiger partial charge >= 0.3 is 0 Å². The minimum absolute atomic E-state index is 0.475. The van der Waals surface area contributed by atoms with Crippen LogP contribution in [0.5, 0.6) is 0 Å². The van der Waals surface area contributed by atoms with Crippen LogP contribution in [0.1, 0.15) is 50.5 Å². The van der Waals surface area contributed by atoms with Crippen molar-refractivity contribution in [3.8, 4) is 0 Å². The van der Waals surface area contributed by atoms with Gasteiger partial charge in [0.1, 0.15) is 5.82 Å². The first-order valence-electron chi connectivity index (χ1n) is 7.22. The van der Waals surface area contributed by atoms with Crippen LogP contribution < -0.4 is 22.7 Å². The van der Waals surface area contributed by atoms with E-state index < -0.39 is 0 Å². The van der Waals surface area contributed by atoms with Gasteiger partial charge in [0.15, 0.2) is 5.82 Å². The fourth-order valence-corrected chi connectivity index (χ4v) is 2.96. The number of hydrogen-bond acceptors (Lipinski definition) is 5. The Morgan fingerprint density at radius 3 is 2.37 bits per heavy atom. The summed E-state index contributed by atoms with van der Waals surface area (Å²) in [6, 6.07) is 1.88. The highest BCUT2D eigenvalue weighted by Crippen LogP contribution is 2.30. The summed E-state index contributed by atoms with van der Waals surface area (Å²) < 4.78 is 0. The lowest BCUT2D eigenvalue weighted by molar-refractivity contribution is 0.377. The van der Waals surface area contributed by atoms with E-state index in [1.54, 1.807) is 0 Å². The second kappa shape index (κ2) is 6.61. The van der Waals surface area contributed by atoms with Crippen LogP contribution in [0.15, 0.2) is 6.07 Å². The molecule has 1 aromatic rings. The average molecular weight is 263 g/mol. The summed E-state index contributed by atoms with van der Waals surface area (Å²) >= 11 is 0. The lowest BCUT2D eigenvalue weighted by Gasteiger charge is -2.21. The maximum absolute atomic E-state index is 6.09. The van der Waals surface area contributed by atoms with E-state index in [-0.39, 0.29) is 0 Å². The first-order chi connectivity index (χ1) is 9.20. The summed E-state index contributed by atoms with van der Waals surface area (Å²) in [5.74, 6) is 7.08. The van der Waals surface area contributed by atoms with Gasteiger partial charge in [0.2, 0.25) is 0 Å². The number of anilines is 3. The number of hydrazine groups is 1. The zero-order chi connectivity index (χ0) is 13.7. The first-order valence-corrected chi connectivity index (χ1v) is 7.22. The highest BCUT2D eigenvalue weighted by atomic mass is 15.3. The van der Waals surface area contributed by atoms with E-state index in [4.69, 9.17) is 17.3 Å². The molecule has 0 bridgehead atoms. The molecule has 1 aliphatic carbocycles. The molecule has 5 nitrogen and oxygen atoms in total. The van der Waals surface area contributed by atoms with Crippen molar-refractivity contribution >= 4 is 17.3 Å². The number of pyridine rings is 1. The first kappa shape index (κ1) is 13.9. The number of nitrogens with one attached hydrogen (secondary N) is 1. The third-order valence-electron chi connectivity index (χ3n) is 4.03. The van der Waals surface area contributed by atoms with Crippen LogP contribution in [0.4, 0.5) is 17.3 Å². The average Bonchev–Trinajstić information content (AvgIpc) is 2.36. The number of hydrogen-bond donors (Lipinski definition) is 4. The van der Waals surface area contributed by atoms with Crippen LogP contribution in [0.3, 0.4) is 0 Å². The fraction of sp³-hybridized carbons (Fsp3) is 0.643. The maximum atomic E-state index is 6.09. The largest absolute Gasteiger partial charge is 0.395 e. The topological polar surface area (TPSA) is 103 Å². The molecule has 0 radical (unpaired) electrons. The summed E-state index contributed by atoms with van der Waals surface area (Å²) in [5, 5.41) is 0. The lowest BCUT2D eigenvalue weighted by atomic mass is 9.86. The van der Waals surface area contributed by atoms with Gasteiger partial charge in [0.25, 0.3) is 0 Å². The minimum atomic E-state index is 0.475. The second-order valence-electron chi connectivity index (χ2n) is 5.53. The Morgan fingerprint density at radius 2 is 1.74 bits per heavy atom. The molecule has 7 N–H and O–H groups in total. The van der Waals surface area contributed by atoms with Crippen LogP contribution in [-0.2, 0) is 6.42 Å². The molecule has 5 heteroatoms. The molecule has 0 unspecified atom stereocenters. The molecule has 1 heterocycles. The van der Waals surface area contributed by atoms with Crippen molar-refractivity contribution in [2.75, 3.05) is 16.9 Å². The Labute approximate surface area is 114 Å². The van der Waals surface area contributed by atoms with Crippen molar-refractivity contribution in [3.05, 3.63) is 11.6 Å². The molecule has 0 amide bonds. The number of rotatable bonds is 3. The van der Waals surface area contributed by atoms with Crippen molar-refractivity contribution in [3.63, 3.8) is 0 Å². The van der Waals surface area contributed by atoms with E-state index in [0.717, 1.165) is 12.0 Å². The normalized spacial score (nSPS) is 17.7. The van der Waals surface area contributed by atoms with Crippen LogP contribution in [0.2, 0.25) is 0 Å². The summed E-state index contributed by atoms with van der Waals surface area (Å²) in [6.07, 6.45) is 10.3. The van der Waals surface area contributed by atoms with Gasteiger partial charge in [-0.25, -0.2) is 10.8 Å². The van der Waals surface area contributed by atoms with Gasteiger partial charge in [-0.2, -0.15) is 0 Å². The zero-order valence-electron chi connectivity index (χ0n) is 11.5. The van der Waals surface area contributed by atoms with Crippen LogP contribution >= 0.6 is 0 Å². The van der Waals surface area contributed by atoms with Crippen LogP contribution in [0.25, 0.3) is 0 Å². The predicted octanol–water partition coefficient (Wildman–Crippen LogP) is 2.43. The van der Waals surface area contributed by atoms with E-state index in [9.17, 15) is 0 Å². The third-order valence-corrected chi connectivity index (χ3v) is 4.03. The van der Waals surface area contributed by atoms with Gasteiger partial charge in [-0.15, -0.1) is 0 Å². The Balaban J connectivity index is 2.10. The minimum Gasteiger partial charge on any atom is -0.395 e. The molecule has 0 spiro atoms. The van der Waals surface area contributed by atoms with E-state index in [1.165, 1.54) is 44.9 Å². The van der Waals surface area contributed by atoms with E-state index >= 15 is 0 Å². The van der Waals surface area contributed by atoms with Crippen molar-refractivity contribution in [2.24, 2.45) is 11.8 Å². The highest BCUT2D eigenvalue weighted by Gasteiger charge is 2.15. The summed E-state index contributed by atoms with van der Waals surface area (Å²) in [4.78, 5) is 4.10. The SMILES string of the molecule is NNc1nc(N)cc(CC2CCCCCCC2)c1N. The van der Waals surface area contributed by atoms with Crippen LogP contribution in [0, 0.1) is 5.92 Å². The quantitative estimate of drug-likeness (QED) is 0.495. The monoisotopic (exact) mass is 263 g/mol. The molecule has 2 rings (SSSR count). The van der Waals surface area contributed by atoms with Crippen molar-refractivity contribution in [2.45, 2.75) is 51.4 Å². The molecule has 1 aromatic heterocycles. The van der Waals surface area contributed by atoms with Crippen LogP contribution in [-0.4, -0.2) is 4.98 Å². The fourth-order valence-electron chi connectivity index (χ4n) is 2.96. The zero-order valence-corrected chi connectivity index (χ0v) is 11.5. The molecule has 1 saturated carbocycles. The number of aromatic nitrogens is 1. The van der Waals surface area contributed by atoms with Gasteiger partial charge in [-0.05, 0) is 24.0 Å². The molecule has 0 aromatic carbocycles. The summed E-state index contributed by atoms with van der Waals surface area (Å²) in [5.41, 5.74) is 16.1. The van der Waals surface area contributed by atoms with Gasteiger partial charge in [0, 0.05) is 0 Å². The van der Waals surface area contributed by atoms with Crippen molar-refractivity contribution in [1.29, 1.82) is 0 Å². The Kier molecular flexibility index (Phi) is 4.85. The highest BCUT2D eigenvalue weighted by molar-refractivity contribution is 5.68. The van der Waals surface area contributed by atoms with Gasteiger partial charge in [-0.3, -0.25) is 0 Å². The molecule has 1 fully saturated rings. The molecule has 0 atom stereocenters. The number of nitrogens with two attached hydrogens (primary N) is 3. The summed E-state index contributed by atoms with van der Waals surface area (Å²) in [6.45, 7) is 0. The molecular weight excluding hydrogens is 238 g/mol. The molecule has 106 valence electrons. The van der Waals surface area contributed by atoms with E-state index in [1.807, 2.05) is 6.07 Å². The summed E-state index contributed by atoms with van der Waals surface area (Å²) in [7, 11) is 0. The van der Waals surface area contributed by atoms with Gasteiger partial charge < -0.3 is 16.9 Å². The smallest absolute Gasteiger partial charge is 0.165 e. The van der Waals surface area contributed by atoms with Gasteiger partial charge in [0.05, 0.1) is 5.69 Å². The predicted molar refractivity (Wildman–Crippen MR) is 80.4 cm³/mol. The number of nitrogen functional groups attached to an aromatic ring is 3. The molecule has 19 heavy (non-hydrogen) atoms. The van der Waals surface area contributed by atoms with E-state index in [0.29, 0.717) is 23.2 Å². The second-order valence-corrected chi connectivity index (χ2v) is 5.53. The van der Waals surface area contributed by atoms with Gasteiger partial charge in [-0.1, -0.05) is 44.9 Å². The molecular formula is C14H25N5. The number of nitrogens with zero attached hydrogens (tertiary/aromatic N) is 1.